The Balaban J connectivity index is 1.59. The van der Waals surface area contributed by atoms with E-state index in [4.69, 9.17) is 9.47 Å². The molecule has 0 saturated carbocycles. The first-order valence-electron chi connectivity index (χ1n) is 16.9. The van der Waals surface area contributed by atoms with Gasteiger partial charge in [-0.05, 0) is 37.7 Å². The van der Waals surface area contributed by atoms with E-state index in [-0.39, 0.29) is 36.7 Å². The second-order valence-electron chi connectivity index (χ2n) is 13.5. The zero-order valence-electron chi connectivity index (χ0n) is 27.5. The van der Waals surface area contributed by atoms with Gasteiger partial charge in [0.15, 0.2) is 0 Å². The highest BCUT2D eigenvalue weighted by molar-refractivity contribution is 5.99. The molecule has 4 aliphatic heterocycles. The first-order valence-corrected chi connectivity index (χ1v) is 16.9. The molecule has 1 spiro atoms. The minimum Gasteiger partial charge on any atom is -0.455 e. The van der Waals surface area contributed by atoms with Crippen LogP contribution in [0, 0.1) is 17.8 Å². The minimum atomic E-state index is -1.37. The van der Waals surface area contributed by atoms with Gasteiger partial charge in [0.25, 0.3) is 0 Å². The average molecular weight is 636 g/mol. The maximum atomic E-state index is 14.7. The molecule has 2 fully saturated rings. The van der Waals surface area contributed by atoms with Crippen LogP contribution in [0.3, 0.4) is 0 Å². The number of allylic oxidation sites excluding steroid dienone is 1. The number of likely N-dealkylation sites (tertiary alicyclic amines) is 1. The highest BCUT2D eigenvalue weighted by Crippen LogP contribution is 2.56. The van der Waals surface area contributed by atoms with Crippen molar-refractivity contribution in [1.29, 1.82) is 0 Å². The van der Waals surface area contributed by atoms with Crippen molar-refractivity contribution in [3.63, 3.8) is 0 Å². The number of fused-ring (bicyclic) bond motifs is 2. The third-order valence-corrected chi connectivity index (χ3v) is 9.75. The zero-order valence-corrected chi connectivity index (χ0v) is 27.5. The molecule has 5 rings (SSSR count). The van der Waals surface area contributed by atoms with Crippen LogP contribution in [0.2, 0.25) is 0 Å². The molecule has 46 heavy (non-hydrogen) atoms. The smallest absolute Gasteiger partial charge is 0.313 e. The van der Waals surface area contributed by atoms with E-state index in [2.05, 4.69) is 12.2 Å². The summed E-state index contributed by atoms with van der Waals surface area (Å²) >= 11 is 0. The van der Waals surface area contributed by atoms with E-state index in [9.17, 15) is 24.3 Å². The third kappa shape index (κ3) is 6.51. The number of benzene rings is 1. The van der Waals surface area contributed by atoms with Crippen molar-refractivity contribution in [1.82, 2.24) is 15.1 Å². The van der Waals surface area contributed by atoms with E-state index in [0.29, 0.717) is 31.5 Å². The average Bonchev–Trinajstić information content (AvgIpc) is 3.68. The zero-order chi connectivity index (χ0) is 33.0. The maximum absolute atomic E-state index is 14.7. The van der Waals surface area contributed by atoms with Gasteiger partial charge < -0.3 is 29.7 Å². The fourth-order valence-electron chi connectivity index (χ4n) is 7.63. The number of hydrogen-bond donors (Lipinski definition) is 2. The molecule has 4 aliphatic rings. The lowest BCUT2D eigenvalue weighted by Crippen LogP contribution is -2.58. The molecule has 1 aromatic rings. The molecule has 0 radical (unpaired) electrons. The van der Waals surface area contributed by atoms with Gasteiger partial charge in [-0.15, -0.1) is 0 Å². The molecule has 5 bridgehead atoms. The summed E-state index contributed by atoms with van der Waals surface area (Å²) in [6, 6.07) is 7.01. The van der Waals surface area contributed by atoms with Crippen LogP contribution in [0.5, 0.6) is 0 Å². The van der Waals surface area contributed by atoms with E-state index in [1.165, 1.54) is 4.90 Å². The van der Waals surface area contributed by atoms with Crippen molar-refractivity contribution in [2.75, 3.05) is 19.7 Å². The number of unbranched alkanes of at least 4 members (excludes halogenated alkanes) is 2. The van der Waals surface area contributed by atoms with Crippen molar-refractivity contribution < 1.29 is 33.8 Å². The molecule has 10 nitrogen and oxygen atoms in total. The van der Waals surface area contributed by atoms with Crippen molar-refractivity contribution in [2.24, 2.45) is 17.8 Å². The van der Waals surface area contributed by atoms with Crippen LogP contribution >= 0.6 is 0 Å². The van der Waals surface area contributed by atoms with Crippen LogP contribution in [0.25, 0.3) is 0 Å². The fourth-order valence-corrected chi connectivity index (χ4v) is 7.63. The molecular formula is C36H49N3O7. The minimum absolute atomic E-state index is 0.143. The number of amides is 3. The highest BCUT2D eigenvalue weighted by atomic mass is 16.6. The predicted octanol–water partition coefficient (Wildman–Crippen LogP) is 3.70. The molecule has 2 N–H and O–H groups in total. The number of cyclic esters (lactones) is 1. The Kier molecular flexibility index (Phi) is 10.7. The number of carbonyl (C=O) groups is 4. The normalized spacial score (nSPS) is 32.9. The number of aliphatic hydroxyl groups is 1. The Bertz CT molecular complexity index is 1330. The van der Waals surface area contributed by atoms with Gasteiger partial charge in [0.2, 0.25) is 17.7 Å². The predicted molar refractivity (Wildman–Crippen MR) is 172 cm³/mol. The summed E-state index contributed by atoms with van der Waals surface area (Å²) in [6.45, 7) is 8.40. The molecule has 3 amide bonds. The Morgan fingerprint density at radius 3 is 2.52 bits per heavy atom. The summed E-state index contributed by atoms with van der Waals surface area (Å²) < 4.78 is 12.8. The summed E-state index contributed by atoms with van der Waals surface area (Å²) in [5, 5.41) is 13.6. The van der Waals surface area contributed by atoms with Gasteiger partial charge >= 0.3 is 5.97 Å². The molecule has 8 atom stereocenters. The van der Waals surface area contributed by atoms with Crippen LogP contribution < -0.4 is 5.32 Å². The van der Waals surface area contributed by atoms with Gasteiger partial charge in [-0.3, -0.25) is 19.2 Å². The van der Waals surface area contributed by atoms with E-state index in [0.717, 1.165) is 19.3 Å². The first-order chi connectivity index (χ1) is 22.1. The van der Waals surface area contributed by atoms with E-state index >= 15 is 0 Å². The molecule has 10 heteroatoms. The Morgan fingerprint density at radius 2 is 1.83 bits per heavy atom. The van der Waals surface area contributed by atoms with Crippen LogP contribution in [0.15, 0.2) is 54.6 Å². The second-order valence-corrected chi connectivity index (χ2v) is 13.5. The summed E-state index contributed by atoms with van der Waals surface area (Å²) in [4.78, 5) is 59.7. The van der Waals surface area contributed by atoms with Gasteiger partial charge in [-0.2, -0.15) is 0 Å². The number of nitrogens with zero attached hydrogens (tertiary/aromatic N) is 2. The molecule has 0 aliphatic carbocycles. The number of esters is 1. The van der Waals surface area contributed by atoms with Gasteiger partial charge in [-0.25, -0.2) is 0 Å². The lowest BCUT2D eigenvalue weighted by molar-refractivity contribution is -0.162. The number of hydrogen-bond acceptors (Lipinski definition) is 7. The molecule has 0 unspecified atom stereocenters. The Labute approximate surface area is 272 Å². The van der Waals surface area contributed by atoms with Crippen LogP contribution in [-0.4, -0.2) is 88.1 Å². The summed E-state index contributed by atoms with van der Waals surface area (Å²) in [5.74, 6) is -3.28. The van der Waals surface area contributed by atoms with Crippen LogP contribution in [-0.2, 0) is 28.7 Å². The topological polar surface area (TPSA) is 125 Å². The van der Waals surface area contributed by atoms with Crippen molar-refractivity contribution in [3.05, 3.63) is 60.2 Å². The second kappa shape index (κ2) is 14.5. The quantitative estimate of drug-likeness (QED) is 0.241. The lowest BCUT2D eigenvalue weighted by Gasteiger charge is -2.39. The van der Waals surface area contributed by atoms with Gasteiger partial charge in [0.05, 0.1) is 30.7 Å². The molecule has 4 heterocycles. The number of aliphatic hydroxyl groups excluding tert-OH is 1. The molecular weight excluding hydrogens is 586 g/mol. The van der Waals surface area contributed by atoms with Gasteiger partial charge in [-0.1, -0.05) is 88.2 Å². The summed E-state index contributed by atoms with van der Waals surface area (Å²) in [6.07, 6.45) is 9.72. The largest absolute Gasteiger partial charge is 0.455 e. The summed E-state index contributed by atoms with van der Waals surface area (Å²) in [5.41, 5.74) is -0.654. The van der Waals surface area contributed by atoms with E-state index in [1.54, 1.807) is 24.0 Å². The molecule has 250 valence electrons. The highest BCUT2D eigenvalue weighted by Gasteiger charge is 2.74. The molecule has 0 aromatic heterocycles. The van der Waals surface area contributed by atoms with Crippen molar-refractivity contribution in [2.45, 2.75) is 102 Å². The molecule has 2 saturated heterocycles. The number of carbonyl (C=O) groups excluding carboxylic acids is 4. The van der Waals surface area contributed by atoms with Crippen molar-refractivity contribution >= 4 is 23.7 Å². The Hall–Kier alpha value is -3.50. The lowest BCUT2D eigenvalue weighted by atomic mass is 9.74. The maximum Gasteiger partial charge on any atom is 0.313 e. The first kappa shape index (κ1) is 33.9. The SMILES string of the molecule is CCCCCN1C/C=C\CCC(=O)N[C@H](C)[C@@H](c2ccccc2)OC(=O)[C@@H]2[C@@H]3C=C[C@]4(O3)[C@H](C1=O)N([C@@H](CO)CC(C)C)C(=O)[C@@H]24. The monoisotopic (exact) mass is 635 g/mol. The number of ether oxygens (including phenoxy) is 2. The Morgan fingerprint density at radius 1 is 1.07 bits per heavy atom. The van der Waals surface area contributed by atoms with Gasteiger partial charge in [0.1, 0.15) is 23.7 Å². The number of nitrogens with one attached hydrogen (secondary N) is 1. The van der Waals surface area contributed by atoms with Crippen LogP contribution in [0.1, 0.15) is 77.9 Å². The van der Waals surface area contributed by atoms with E-state index in [1.807, 2.05) is 56.3 Å². The van der Waals surface area contributed by atoms with E-state index < -0.39 is 53.7 Å². The fraction of sp³-hybridized carbons (Fsp3) is 0.611. The molecule has 1 aromatic carbocycles. The van der Waals surface area contributed by atoms with Crippen LogP contribution in [0.4, 0.5) is 0 Å². The van der Waals surface area contributed by atoms with Crippen molar-refractivity contribution in [3.8, 4) is 0 Å². The number of rotatable bonds is 9. The van der Waals surface area contributed by atoms with Gasteiger partial charge in [0, 0.05) is 19.5 Å². The summed E-state index contributed by atoms with van der Waals surface area (Å²) in [7, 11) is 0. The third-order valence-electron chi connectivity index (χ3n) is 9.75. The standard InChI is InChI=1S/C36H49N3O7/c1-5-6-12-19-38-20-13-8-11-16-28(41)37-24(4)31(25-14-9-7-10-15-25)45-35(44)29-27-17-18-36(46-27)30(29)33(42)39(32(36)34(38)43)26(22-40)21-23(2)3/h7-10,13-15,17-18,23-24,26-27,29-32,40H,5-6,11-12,16,19-22H2,1-4H3,(H,37,41)/b13-8-/t24-,26-,27+,29-,30-,31+,32+,36-/m1/s1.